The first kappa shape index (κ1) is 123. The van der Waals surface area contributed by atoms with E-state index in [2.05, 4.69) is 46.9 Å². The molecule has 2 aromatic heterocycles. The third-order valence-electron chi connectivity index (χ3n) is 20.8. The highest BCUT2D eigenvalue weighted by molar-refractivity contribution is 7.87. The standard InChI is InChI=1S/C87H130N12O40S8/c1-3-5-27-72(100)65-54-73(128-35-10-7-24-69-62-97(94-91-69)31-13-29-89-86(102)67-58-77(132-40-18-48-142(110,111)112)83(138-44-22-52-146(122,123)124)78(59-67)133-41-19-49-143(113,114)115)81(137-37-12-9-26-71-64-99(96-93-71)33-15-28-88-85(101)66-56-75(130-38-16-46-140(104,105)106)82(136-34-6-4-2)76(57-66)131-39-17-47-141(107,108)109)74(55-65)129-36-11-8-25-70-63-98(95-92-70)32-14-30-90-87(103)68-60-79(134-42-20-50-144(116,117)118)84(139-45-23-53-147(125,126)127)80(61-68)135-43-21-51-145(119,120)121/h54-64,69H,3-53H2,1-2H3,(H10-,88,89,90,101,102,103,104,105,106,107,108,109,110,111,112,113,114,115,116,117,118,119,120,121,122,123,124,125,126,127)/p+1. The number of aromatic nitrogens is 6. The molecule has 7 rings (SSSR count). The van der Waals surface area contributed by atoms with Gasteiger partial charge in [0, 0.05) is 91.7 Å². The van der Waals surface area contributed by atoms with Crippen molar-refractivity contribution >= 4 is 111 Å². The van der Waals surface area contributed by atoms with Crippen molar-refractivity contribution in [2.24, 2.45) is 10.3 Å². The van der Waals surface area contributed by atoms with E-state index in [0.717, 1.165) is 12.8 Å². The largest absolute Gasteiger partial charge is 0.490 e. The van der Waals surface area contributed by atoms with Crippen LogP contribution >= 0.6 is 0 Å². The molecule has 6 aromatic rings. The Bertz CT molecular complexity index is 6110. The second-order valence-corrected chi connectivity index (χ2v) is 46.2. The van der Waals surface area contributed by atoms with Gasteiger partial charge >= 0.3 is 0 Å². The summed E-state index contributed by atoms with van der Waals surface area (Å²) in [6, 6.07) is 10.7. The molecule has 3 heterocycles. The summed E-state index contributed by atoms with van der Waals surface area (Å²) in [5.74, 6) is -7.68. The molecule has 3 amide bonds. The molecule has 4 aromatic carbocycles. The number of hydrogen-bond donors (Lipinski definition) is 11. The van der Waals surface area contributed by atoms with E-state index in [1.165, 1.54) is 36.4 Å². The molecule has 0 saturated carbocycles. The summed E-state index contributed by atoms with van der Waals surface area (Å²) in [7, 11) is -35.1. The van der Waals surface area contributed by atoms with Gasteiger partial charge in [0.15, 0.2) is 51.8 Å². The first-order valence-electron chi connectivity index (χ1n) is 47.5. The number of nitrogens with one attached hydrogen (secondary N) is 3. The van der Waals surface area contributed by atoms with Crippen LogP contribution in [0.25, 0.3) is 0 Å². The number of hydrogen-bond acceptors (Lipinski definition) is 38. The van der Waals surface area contributed by atoms with Crippen LogP contribution in [-0.2, 0) is 107 Å². The average molecular weight is 2240 g/mol. The zero-order valence-electron chi connectivity index (χ0n) is 81.4. The molecule has 1 aliphatic rings. The molecule has 0 aliphatic carbocycles. The van der Waals surface area contributed by atoms with E-state index in [1.807, 2.05) is 20.1 Å². The normalized spacial score (nSPS) is 13.1. The minimum Gasteiger partial charge on any atom is -0.490 e. The van der Waals surface area contributed by atoms with Gasteiger partial charge in [-0.05, 0) is 177 Å². The first-order chi connectivity index (χ1) is 69.5. The first-order valence-corrected chi connectivity index (χ1v) is 60.4. The Morgan fingerprint density at radius 1 is 0.320 bits per heavy atom. The SMILES string of the molecule is CCCCOc1c(OCCCS(=O)(=O)O)cc(C(=O)NCCCn2cc(CCCCOc3c(OCCCCc4cn(CCCNC(=O)c5cc(OCCCS(=O)(=O)O)c(OCCCS(=O)(=O)O)c(OCCCS(=O)(=O)O)c5)nn4)cc(C(=O)CCCC)cc3OCCCCC3C=[N+](CCCNC(=O)c4cc(OCCCS(=O)(=O)O)c(OCCCS(=O)(=O)O)c(OCCCS(=O)(=O)O)c4)N=N3)nn2)cc1OCCCS(=O)(=O)O. The number of rotatable bonds is 81. The number of ether oxygens (including phenoxy) is 12. The summed E-state index contributed by atoms with van der Waals surface area (Å²) in [5.41, 5.74) is 1.54. The van der Waals surface area contributed by atoms with E-state index in [0.29, 0.717) is 120 Å². The average Bonchev–Trinajstić information content (AvgIpc) is 1.69. The summed E-state index contributed by atoms with van der Waals surface area (Å²) in [6.45, 7) is 3.28. The van der Waals surface area contributed by atoms with E-state index in [9.17, 15) is 123 Å². The van der Waals surface area contributed by atoms with Crippen molar-refractivity contribution < 1.29 is 184 Å². The van der Waals surface area contributed by atoms with Gasteiger partial charge in [-0.25, -0.2) is 0 Å². The number of unbranched alkanes of at least 4 members (excludes halogenated alkanes) is 5. The van der Waals surface area contributed by atoms with Crippen molar-refractivity contribution in [2.45, 2.75) is 193 Å². The fraction of sp³-hybridized carbons (Fsp3) is 0.621. The number of carbonyl (C=O) groups excluding carboxylic acids is 4. The lowest BCUT2D eigenvalue weighted by atomic mass is 10.0. The maximum Gasteiger partial charge on any atom is 0.264 e. The van der Waals surface area contributed by atoms with E-state index >= 15 is 0 Å². The van der Waals surface area contributed by atoms with Gasteiger partial charge < -0.3 is 72.8 Å². The Hall–Kier alpha value is -10.6. The number of ketones is 1. The second kappa shape index (κ2) is 62.1. The maximum atomic E-state index is 14.0. The van der Waals surface area contributed by atoms with Crippen molar-refractivity contribution in [3.63, 3.8) is 0 Å². The van der Waals surface area contributed by atoms with Crippen molar-refractivity contribution in [3.8, 4) is 69.0 Å². The quantitative estimate of drug-likeness (QED) is 0.00770. The fourth-order valence-electron chi connectivity index (χ4n) is 13.7. The molecular formula is C87H131N12O40S8+. The van der Waals surface area contributed by atoms with E-state index < -0.39 is 145 Å². The molecule has 52 nitrogen and oxygen atoms in total. The Kier molecular flexibility index (Phi) is 52.1. The lowest BCUT2D eigenvalue weighted by molar-refractivity contribution is -0.532. The van der Waals surface area contributed by atoms with Crippen LogP contribution in [0.15, 0.2) is 71.3 Å². The van der Waals surface area contributed by atoms with Gasteiger partial charge in [-0.3, -0.25) is 65.0 Å². The number of nitrogens with zero attached hydrogens (tertiary/aromatic N) is 9. The van der Waals surface area contributed by atoms with E-state index in [-0.39, 0.29) is 261 Å². The monoisotopic (exact) mass is 2240 g/mol. The Morgan fingerprint density at radius 2 is 0.578 bits per heavy atom. The molecule has 1 aliphatic heterocycles. The number of amides is 3. The summed E-state index contributed by atoms with van der Waals surface area (Å²) < 4.78 is 335. The van der Waals surface area contributed by atoms with Crippen molar-refractivity contribution in [1.82, 2.24) is 45.9 Å². The molecule has 826 valence electrons. The summed E-state index contributed by atoms with van der Waals surface area (Å²) >= 11 is 0. The van der Waals surface area contributed by atoms with Crippen LogP contribution in [0.1, 0.15) is 214 Å². The molecule has 0 bridgehead atoms. The van der Waals surface area contributed by atoms with Crippen LogP contribution in [0.4, 0.5) is 0 Å². The zero-order valence-corrected chi connectivity index (χ0v) is 88.0. The predicted octanol–water partition coefficient (Wildman–Crippen LogP) is 7.32. The fourth-order valence-corrected chi connectivity index (χ4v) is 17.5. The third-order valence-corrected chi connectivity index (χ3v) is 27.2. The van der Waals surface area contributed by atoms with Gasteiger partial charge in [-0.2, -0.15) is 67.3 Å². The van der Waals surface area contributed by atoms with E-state index in [4.69, 9.17) is 56.8 Å². The second-order valence-electron chi connectivity index (χ2n) is 33.7. The lowest BCUT2D eigenvalue weighted by Gasteiger charge is -2.19. The van der Waals surface area contributed by atoms with Gasteiger partial charge in [0.1, 0.15) is 18.0 Å². The molecular weight excluding hydrogens is 2110 g/mol. The molecule has 0 saturated heterocycles. The van der Waals surface area contributed by atoms with Gasteiger partial charge in [0.05, 0.1) is 137 Å². The molecule has 0 radical (unpaired) electrons. The van der Waals surface area contributed by atoms with Crippen LogP contribution in [0.3, 0.4) is 0 Å². The molecule has 0 spiro atoms. The van der Waals surface area contributed by atoms with Crippen LogP contribution in [0.5, 0.6) is 69.0 Å². The Labute approximate surface area is 854 Å². The molecule has 11 N–H and O–H groups in total. The molecule has 1 unspecified atom stereocenters. The van der Waals surface area contributed by atoms with Crippen molar-refractivity contribution in [1.29, 1.82) is 0 Å². The highest BCUT2D eigenvalue weighted by Gasteiger charge is 2.29. The minimum absolute atomic E-state index is 0.0204. The zero-order chi connectivity index (χ0) is 108. The molecule has 60 heteroatoms. The Balaban J connectivity index is 1.00. The summed E-state index contributed by atoms with van der Waals surface area (Å²) in [4.78, 5) is 55.2. The topological polar surface area (TPSA) is 739 Å². The molecule has 1 atom stereocenters. The number of aryl methyl sites for hydroxylation is 4. The van der Waals surface area contributed by atoms with Gasteiger partial charge in [-0.15, -0.1) is 14.9 Å². The van der Waals surface area contributed by atoms with Gasteiger partial charge in [0.25, 0.3) is 98.7 Å². The molecule has 147 heavy (non-hydrogen) atoms. The van der Waals surface area contributed by atoms with Gasteiger partial charge in [0.2, 0.25) is 29.0 Å². The van der Waals surface area contributed by atoms with Crippen molar-refractivity contribution in [3.05, 3.63) is 94.6 Å². The predicted molar refractivity (Wildman–Crippen MR) is 529 cm³/mol. The van der Waals surface area contributed by atoms with Crippen LogP contribution in [-0.4, -0.2) is 326 Å². The maximum absolute atomic E-state index is 14.0. The highest BCUT2D eigenvalue weighted by Crippen LogP contribution is 2.44. The van der Waals surface area contributed by atoms with E-state index in [1.54, 1.807) is 38.6 Å². The number of carbonyl (C=O) groups is 4. The summed E-state index contributed by atoms with van der Waals surface area (Å²) in [6.07, 6.45) is 12.3. The third kappa shape index (κ3) is 52.4. The van der Waals surface area contributed by atoms with Crippen LogP contribution < -0.4 is 72.8 Å². The van der Waals surface area contributed by atoms with Crippen LogP contribution in [0.2, 0.25) is 0 Å². The number of benzene rings is 4. The summed E-state index contributed by atoms with van der Waals surface area (Å²) in [5, 5.41) is 34.4. The van der Waals surface area contributed by atoms with Gasteiger partial charge in [-0.1, -0.05) is 37.1 Å². The van der Waals surface area contributed by atoms with Crippen LogP contribution in [0, 0.1) is 0 Å². The number of Topliss-reactive ketones (excluding diaryl/α,β-unsaturated/α-hetero) is 1. The Morgan fingerprint density at radius 3 is 0.871 bits per heavy atom. The smallest absolute Gasteiger partial charge is 0.264 e. The van der Waals surface area contributed by atoms with Crippen molar-refractivity contribution in [2.75, 3.05) is 151 Å². The molecule has 0 fully saturated rings. The lowest BCUT2D eigenvalue weighted by Crippen LogP contribution is -2.26. The highest BCUT2D eigenvalue weighted by atomic mass is 32.2. The minimum atomic E-state index is -4.41.